The van der Waals surface area contributed by atoms with Crippen molar-refractivity contribution in [3.63, 3.8) is 0 Å². The molecular formula is C11H14N2O. The molecule has 1 aromatic carbocycles. The van der Waals surface area contributed by atoms with Crippen LogP contribution in [0.5, 0.6) is 0 Å². The van der Waals surface area contributed by atoms with Crippen molar-refractivity contribution in [2.75, 3.05) is 13.1 Å². The van der Waals surface area contributed by atoms with E-state index in [-0.39, 0.29) is 0 Å². The third-order valence-electron chi connectivity index (χ3n) is 2.10. The van der Waals surface area contributed by atoms with Gasteiger partial charge in [0.15, 0.2) is 11.5 Å². The van der Waals surface area contributed by atoms with Gasteiger partial charge in [0.1, 0.15) is 5.52 Å². The van der Waals surface area contributed by atoms with Gasteiger partial charge in [0.2, 0.25) is 0 Å². The number of hydrogen-bond acceptors (Lipinski definition) is 3. The third-order valence-corrected chi connectivity index (χ3v) is 2.10. The molecule has 0 fully saturated rings. The number of para-hydroxylation sites is 2. The smallest absolute Gasteiger partial charge is 0.196 e. The SMILES string of the molecule is CCNCCc1nc2ccccc2o1. The molecule has 0 aliphatic heterocycles. The Labute approximate surface area is 83.1 Å². The van der Waals surface area contributed by atoms with Gasteiger partial charge in [-0.2, -0.15) is 0 Å². The first-order chi connectivity index (χ1) is 6.90. The molecule has 0 unspecified atom stereocenters. The molecule has 3 nitrogen and oxygen atoms in total. The number of nitrogens with one attached hydrogen (secondary N) is 1. The molecule has 14 heavy (non-hydrogen) atoms. The molecule has 0 saturated carbocycles. The van der Waals surface area contributed by atoms with Gasteiger partial charge in [0.25, 0.3) is 0 Å². The van der Waals surface area contributed by atoms with Crippen LogP contribution in [-0.4, -0.2) is 18.1 Å². The second kappa shape index (κ2) is 4.24. The zero-order valence-corrected chi connectivity index (χ0v) is 8.29. The second-order valence-corrected chi connectivity index (χ2v) is 3.18. The van der Waals surface area contributed by atoms with Crippen molar-refractivity contribution >= 4 is 11.1 Å². The summed E-state index contributed by atoms with van der Waals surface area (Å²) in [5.41, 5.74) is 1.82. The normalized spacial score (nSPS) is 10.9. The minimum Gasteiger partial charge on any atom is -0.441 e. The van der Waals surface area contributed by atoms with Crippen LogP contribution in [0.4, 0.5) is 0 Å². The molecule has 0 aliphatic carbocycles. The maximum absolute atomic E-state index is 5.56. The Morgan fingerprint density at radius 1 is 1.36 bits per heavy atom. The zero-order chi connectivity index (χ0) is 9.80. The van der Waals surface area contributed by atoms with Gasteiger partial charge in [-0.05, 0) is 18.7 Å². The Kier molecular flexibility index (Phi) is 2.79. The van der Waals surface area contributed by atoms with Crippen LogP contribution in [0.1, 0.15) is 12.8 Å². The molecule has 1 aromatic heterocycles. The second-order valence-electron chi connectivity index (χ2n) is 3.18. The number of likely N-dealkylation sites (N-methyl/N-ethyl adjacent to an activating group) is 1. The van der Waals surface area contributed by atoms with Crippen molar-refractivity contribution < 1.29 is 4.42 Å². The highest BCUT2D eigenvalue weighted by Crippen LogP contribution is 2.14. The minimum absolute atomic E-state index is 0.812. The summed E-state index contributed by atoms with van der Waals surface area (Å²) in [6.07, 6.45) is 0.850. The van der Waals surface area contributed by atoms with E-state index in [1.807, 2.05) is 24.3 Å². The molecule has 0 amide bonds. The monoisotopic (exact) mass is 190 g/mol. The molecule has 0 bridgehead atoms. The molecule has 0 atom stereocenters. The lowest BCUT2D eigenvalue weighted by atomic mass is 10.3. The van der Waals surface area contributed by atoms with Gasteiger partial charge >= 0.3 is 0 Å². The van der Waals surface area contributed by atoms with Crippen molar-refractivity contribution in [3.8, 4) is 0 Å². The van der Waals surface area contributed by atoms with E-state index in [4.69, 9.17) is 4.42 Å². The predicted molar refractivity (Wildman–Crippen MR) is 56.3 cm³/mol. The Balaban J connectivity index is 2.11. The average Bonchev–Trinajstić information content (AvgIpc) is 2.60. The molecular weight excluding hydrogens is 176 g/mol. The Hall–Kier alpha value is -1.35. The Morgan fingerprint density at radius 2 is 2.21 bits per heavy atom. The third kappa shape index (κ3) is 1.93. The number of benzene rings is 1. The summed E-state index contributed by atoms with van der Waals surface area (Å²) in [7, 11) is 0. The number of oxazole rings is 1. The van der Waals surface area contributed by atoms with Crippen LogP contribution in [0, 0.1) is 0 Å². The summed E-state index contributed by atoms with van der Waals surface area (Å²) >= 11 is 0. The van der Waals surface area contributed by atoms with Gasteiger partial charge in [-0.15, -0.1) is 0 Å². The maximum atomic E-state index is 5.56. The summed E-state index contributed by atoms with van der Waals surface area (Å²) < 4.78 is 5.56. The van der Waals surface area contributed by atoms with E-state index in [1.165, 1.54) is 0 Å². The number of hydrogen-bond donors (Lipinski definition) is 1. The van der Waals surface area contributed by atoms with E-state index in [1.54, 1.807) is 0 Å². The molecule has 1 N–H and O–H groups in total. The fourth-order valence-electron chi connectivity index (χ4n) is 1.40. The maximum Gasteiger partial charge on any atom is 0.196 e. The Morgan fingerprint density at radius 3 is 3.00 bits per heavy atom. The van der Waals surface area contributed by atoms with Crippen LogP contribution in [0.25, 0.3) is 11.1 Å². The van der Waals surface area contributed by atoms with Crippen LogP contribution in [0.2, 0.25) is 0 Å². The van der Waals surface area contributed by atoms with Crippen molar-refractivity contribution in [2.24, 2.45) is 0 Å². The van der Waals surface area contributed by atoms with Gasteiger partial charge in [-0.1, -0.05) is 19.1 Å². The number of rotatable bonds is 4. The average molecular weight is 190 g/mol. The summed E-state index contributed by atoms with van der Waals surface area (Å²) in [4.78, 5) is 4.38. The molecule has 0 spiro atoms. The molecule has 3 heteroatoms. The fraction of sp³-hybridized carbons (Fsp3) is 0.364. The first-order valence-electron chi connectivity index (χ1n) is 4.95. The van der Waals surface area contributed by atoms with Crippen LogP contribution in [-0.2, 0) is 6.42 Å². The van der Waals surface area contributed by atoms with Gasteiger partial charge in [-0.25, -0.2) is 4.98 Å². The Bertz CT molecular complexity index is 375. The highest BCUT2D eigenvalue weighted by molar-refractivity contribution is 5.72. The van der Waals surface area contributed by atoms with E-state index in [9.17, 15) is 0 Å². The van der Waals surface area contributed by atoms with E-state index in [2.05, 4.69) is 17.2 Å². The van der Waals surface area contributed by atoms with Crippen molar-refractivity contribution in [1.29, 1.82) is 0 Å². The van der Waals surface area contributed by atoms with Crippen LogP contribution in [0.15, 0.2) is 28.7 Å². The van der Waals surface area contributed by atoms with Crippen molar-refractivity contribution in [2.45, 2.75) is 13.3 Å². The first kappa shape index (κ1) is 9.21. The lowest BCUT2D eigenvalue weighted by molar-refractivity contribution is 0.517. The predicted octanol–water partition coefficient (Wildman–Crippen LogP) is 1.98. The van der Waals surface area contributed by atoms with Gasteiger partial charge < -0.3 is 9.73 Å². The van der Waals surface area contributed by atoms with Crippen LogP contribution in [0.3, 0.4) is 0 Å². The highest BCUT2D eigenvalue weighted by Gasteiger charge is 2.03. The largest absolute Gasteiger partial charge is 0.441 e. The molecule has 74 valence electrons. The van der Waals surface area contributed by atoms with Gasteiger partial charge in [0.05, 0.1) is 0 Å². The lowest BCUT2D eigenvalue weighted by Crippen LogP contribution is -2.16. The minimum atomic E-state index is 0.812. The van der Waals surface area contributed by atoms with Gasteiger partial charge in [-0.3, -0.25) is 0 Å². The summed E-state index contributed by atoms with van der Waals surface area (Å²) in [6, 6.07) is 7.84. The molecule has 1 heterocycles. The number of nitrogens with zero attached hydrogens (tertiary/aromatic N) is 1. The zero-order valence-electron chi connectivity index (χ0n) is 8.29. The number of aromatic nitrogens is 1. The summed E-state index contributed by atoms with van der Waals surface area (Å²) in [5.74, 6) is 0.812. The van der Waals surface area contributed by atoms with Crippen molar-refractivity contribution in [1.82, 2.24) is 10.3 Å². The number of fused-ring (bicyclic) bond motifs is 1. The first-order valence-corrected chi connectivity index (χ1v) is 4.95. The fourth-order valence-corrected chi connectivity index (χ4v) is 1.40. The molecule has 0 radical (unpaired) electrons. The molecule has 2 rings (SSSR count). The lowest BCUT2D eigenvalue weighted by Gasteiger charge is -1.95. The van der Waals surface area contributed by atoms with E-state index in [0.29, 0.717) is 0 Å². The van der Waals surface area contributed by atoms with Crippen LogP contribution >= 0.6 is 0 Å². The van der Waals surface area contributed by atoms with Crippen LogP contribution < -0.4 is 5.32 Å². The standard InChI is InChI=1S/C11H14N2O/c1-2-12-8-7-11-13-9-5-3-4-6-10(9)14-11/h3-6,12H,2,7-8H2,1H3. The molecule has 0 aliphatic rings. The van der Waals surface area contributed by atoms with E-state index < -0.39 is 0 Å². The quantitative estimate of drug-likeness (QED) is 0.749. The topological polar surface area (TPSA) is 38.1 Å². The molecule has 2 aromatic rings. The summed E-state index contributed by atoms with van der Waals surface area (Å²) in [6.45, 7) is 4.00. The van der Waals surface area contributed by atoms with Gasteiger partial charge in [0, 0.05) is 13.0 Å². The summed E-state index contributed by atoms with van der Waals surface area (Å²) in [5, 5.41) is 3.24. The van der Waals surface area contributed by atoms with Crippen molar-refractivity contribution in [3.05, 3.63) is 30.2 Å². The highest BCUT2D eigenvalue weighted by atomic mass is 16.3. The molecule has 0 saturated heterocycles. The van der Waals surface area contributed by atoms with E-state index >= 15 is 0 Å². The van der Waals surface area contributed by atoms with E-state index in [0.717, 1.165) is 36.5 Å².